The van der Waals surface area contributed by atoms with E-state index in [1.807, 2.05) is 0 Å². The standard InChI is InChI=1S/C12H19N/c1-3-10(2)12-6-4-5-11(9-12)7-8-13/h4-6,9-10H,3,7-8,13H2,1-2H3. The highest BCUT2D eigenvalue weighted by atomic mass is 14.5. The van der Waals surface area contributed by atoms with E-state index in [2.05, 4.69) is 38.1 Å². The summed E-state index contributed by atoms with van der Waals surface area (Å²) in [7, 11) is 0. The summed E-state index contributed by atoms with van der Waals surface area (Å²) in [5.74, 6) is 0.665. The maximum Gasteiger partial charge on any atom is -0.00367 e. The van der Waals surface area contributed by atoms with Gasteiger partial charge >= 0.3 is 0 Å². The third kappa shape index (κ3) is 2.85. The zero-order chi connectivity index (χ0) is 9.68. The topological polar surface area (TPSA) is 26.0 Å². The highest BCUT2D eigenvalue weighted by Gasteiger charge is 2.02. The van der Waals surface area contributed by atoms with Gasteiger partial charge in [-0.05, 0) is 36.4 Å². The van der Waals surface area contributed by atoms with Crippen LogP contribution in [0.5, 0.6) is 0 Å². The molecule has 13 heavy (non-hydrogen) atoms. The number of hydrogen-bond donors (Lipinski definition) is 1. The molecule has 0 aliphatic rings. The molecule has 0 bridgehead atoms. The summed E-state index contributed by atoms with van der Waals surface area (Å²) in [6.45, 7) is 5.23. The van der Waals surface area contributed by atoms with Gasteiger partial charge in [0.25, 0.3) is 0 Å². The molecule has 0 amide bonds. The van der Waals surface area contributed by atoms with Gasteiger partial charge in [0.1, 0.15) is 0 Å². The number of nitrogens with two attached hydrogens (primary N) is 1. The van der Waals surface area contributed by atoms with Crippen molar-refractivity contribution in [2.75, 3.05) is 6.54 Å². The van der Waals surface area contributed by atoms with E-state index in [9.17, 15) is 0 Å². The Balaban J connectivity index is 2.78. The second kappa shape index (κ2) is 5.03. The van der Waals surface area contributed by atoms with E-state index in [1.165, 1.54) is 17.5 Å². The maximum absolute atomic E-state index is 5.52. The fourth-order valence-electron chi connectivity index (χ4n) is 1.46. The minimum atomic E-state index is 0.665. The first kappa shape index (κ1) is 10.3. The molecule has 0 aliphatic carbocycles. The lowest BCUT2D eigenvalue weighted by atomic mass is 9.96. The van der Waals surface area contributed by atoms with Crippen molar-refractivity contribution in [3.8, 4) is 0 Å². The van der Waals surface area contributed by atoms with E-state index in [0.29, 0.717) is 5.92 Å². The number of rotatable bonds is 4. The van der Waals surface area contributed by atoms with Gasteiger partial charge < -0.3 is 5.73 Å². The predicted molar refractivity (Wildman–Crippen MR) is 57.9 cm³/mol. The van der Waals surface area contributed by atoms with Crippen molar-refractivity contribution in [3.63, 3.8) is 0 Å². The maximum atomic E-state index is 5.52. The smallest absolute Gasteiger partial charge is 0.00367 e. The molecule has 0 saturated carbocycles. The highest BCUT2D eigenvalue weighted by Crippen LogP contribution is 2.19. The van der Waals surface area contributed by atoms with E-state index in [4.69, 9.17) is 5.73 Å². The Bertz CT molecular complexity index is 255. The average molecular weight is 177 g/mol. The molecular formula is C12H19N. The number of hydrogen-bond acceptors (Lipinski definition) is 1. The van der Waals surface area contributed by atoms with Gasteiger partial charge in [-0.1, -0.05) is 38.1 Å². The molecule has 1 atom stereocenters. The van der Waals surface area contributed by atoms with Crippen LogP contribution in [0.25, 0.3) is 0 Å². The molecule has 0 spiro atoms. The van der Waals surface area contributed by atoms with Gasteiger partial charge in [-0.25, -0.2) is 0 Å². The molecule has 0 saturated heterocycles. The van der Waals surface area contributed by atoms with Crippen LogP contribution in [0.15, 0.2) is 24.3 Å². The quantitative estimate of drug-likeness (QED) is 0.752. The Morgan fingerprint density at radius 3 is 2.77 bits per heavy atom. The van der Waals surface area contributed by atoms with Crippen molar-refractivity contribution in [1.82, 2.24) is 0 Å². The van der Waals surface area contributed by atoms with Crippen molar-refractivity contribution >= 4 is 0 Å². The van der Waals surface area contributed by atoms with Crippen LogP contribution in [0, 0.1) is 0 Å². The molecule has 0 fully saturated rings. The van der Waals surface area contributed by atoms with Gasteiger partial charge in [0.15, 0.2) is 0 Å². The highest BCUT2D eigenvalue weighted by molar-refractivity contribution is 5.26. The molecule has 1 nitrogen and oxygen atoms in total. The molecule has 0 aromatic heterocycles. The van der Waals surface area contributed by atoms with E-state index < -0.39 is 0 Å². The van der Waals surface area contributed by atoms with Crippen molar-refractivity contribution in [2.45, 2.75) is 32.6 Å². The van der Waals surface area contributed by atoms with Crippen LogP contribution in [0.1, 0.15) is 37.3 Å². The van der Waals surface area contributed by atoms with Crippen LogP contribution in [0.3, 0.4) is 0 Å². The fraction of sp³-hybridized carbons (Fsp3) is 0.500. The predicted octanol–water partition coefficient (Wildman–Crippen LogP) is 2.70. The third-order valence-electron chi connectivity index (χ3n) is 2.57. The van der Waals surface area contributed by atoms with E-state index in [0.717, 1.165) is 13.0 Å². The lowest BCUT2D eigenvalue weighted by Crippen LogP contribution is -2.03. The summed E-state index contributed by atoms with van der Waals surface area (Å²) >= 11 is 0. The molecule has 0 heterocycles. The lowest BCUT2D eigenvalue weighted by molar-refractivity contribution is 0.731. The van der Waals surface area contributed by atoms with E-state index >= 15 is 0 Å². The van der Waals surface area contributed by atoms with Crippen LogP contribution in [0.4, 0.5) is 0 Å². The largest absolute Gasteiger partial charge is 0.330 e. The van der Waals surface area contributed by atoms with Crippen molar-refractivity contribution in [1.29, 1.82) is 0 Å². The number of benzene rings is 1. The molecule has 1 heteroatoms. The SMILES string of the molecule is CCC(C)c1cccc(CCN)c1. The Morgan fingerprint density at radius 1 is 1.38 bits per heavy atom. The minimum Gasteiger partial charge on any atom is -0.330 e. The molecule has 1 aromatic carbocycles. The second-order valence-corrected chi connectivity index (χ2v) is 3.59. The van der Waals surface area contributed by atoms with Crippen LogP contribution in [0.2, 0.25) is 0 Å². The van der Waals surface area contributed by atoms with Crippen LogP contribution >= 0.6 is 0 Å². The Labute approximate surface area is 81.0 Å². The summed E-state index contributed by atoms with van der Waals surface area (Å²) in [5.41, 5.74) is 8.32. The first-order valence-corrected chi connectivity index (χ1v) is 5.06. The Kier molecular flexibility index (Phi) is 3.97. The first-order chi connectivity index (χ1) is 6.27. The van der Waals surface area contributed by atoms with Crippen molar-refractivity contribution in [3.05, 3.63) is 35.4 Å². The van der Waals surface area contributed by atoms with Crippen LogP contribution < -0.4 is 5.73 Å². The molecule has 1 unspecified atom stereocenters. The van der Waals surface area contributed by atoms with Gasteiger partial charge in [0.2, 0.25) is 0 Å². The van der Waals surface area contributed by atoms with E-state index in [-0.39, 0.29) is 0 Å². The molecule has 72 valence electrons. The van der Waals surface area contributed by atoms with Crippen molar-refractivity contribution < 1.29 is 0 Å². The molecule has 1 aromatic rings. The van der Waals surface area contributed by atoms with Crippen molar-refractivity contribution in [2.24, 2.45) is 5.73 Å². The summed E-state index contributed by atoms with van der Waals surface area (Å²) < 4.78 is 0. The fourth-order valence-corrected chi connectivity index (χ4v) is 1.46. The Morgan fingerprint density at radius 2 is 2.15 bits per heavy atom. The molecule has 1 rings (SSSR count). The summed E-state index contributed by atoms with van der Waals surface area (Å²) in [6.07, 6.45) is 2.19. The molecular weight excluding hydrogens is 158 g/mol. The minimum absolute atomic E-state index is 0.665. The van der Waals surface area contributed by atoms with Gasteiger partial charge in [-0.2, -0.15) is 0 Å². The van der Waals surface area contributed by atoms with Crippen LogP contribution in [-0.4, -0.2) is 6.54 Å². The Hall–Kier alpha value is -0.820. The van der Waals surface area contributed by atoms with Crippen LogP contribution in [-0.2, 0) is 6.42 Å². The summed E-state index contributed by atoms with van der Waals surface area (Å²) in [6, 6.07) is 8.76. The molecule has 2 N–H and O–H groups in total. The van der Waals surface area contributed by atoms with Gasteiger partial charge in [0.05, 0.1) is 0 Å². The third-order valence-corrected chi connectivity index (χ3v) is 2.57. The first-order valence-electron chi connectivity index (χ1n) is 5.06. The van der Waals surface area contributed by atoms with Gasteiger partial charge in [-0.15, -0.1) is 0 Å². The van der Waals surface area contributed by atoms with Gasteiger partial charge in [-0.3, -0.25) is 0 Å². The molecule has 0 aliphatic heterocycles. The second-order valence-electron chi connectivity index (χ2n) is 3.59. The summed E-state index contributed by atoms with van der Waals surface area (Å²) in [4.78, 5) is 0. The van der Waals surface area contributed by atoms with E-state index in [1.54, 1.807) is 0 Å². The zero-order valence-electron chi connectivity index (χ0n) is 8.59. The lowest BCUT2D eigenvalue weighted by Gasteiger charge is -2.10. The molecule has 0 radical (unpaired) electrons. The summed E-state index contributed by atoms with van der Waals surface area (Å²) in [5, 5.41) is 0. The average Bonchev–Trinajstić information content (AvgIpc) is 2.18. The van der Waals surface area contributed by atoms with Gasteiger partial charge in [0, 0.05) is 0 Å². The zero-order valence-corrected chi connectivity index (χ0v) is 8.59. The normalized spacial score (nSPS) is 12.8. The monoisotopic (exact) mass is 177 g/mol.